The number of fused-ring (bicyclic) bond motifs is 1. The van der Waals surface area contributed by atoms with Crippen molar-refractivity contribution in [3.8, 4) is 0 Å². The lowest BCUT2D eigenvalue weighted by Gasteiger charge is -2.23. The second-order valence-electron chi connectivity index (χ2n) is 6.29. The van der Waals surface area contributed by atoms with Crippen LogP contribution in [0.25, 0.3) is 0 Å². The molecule has 1 amide bonds. The minimum atomic E-state index is -0.0236. The molecule has 1 saturated heterocycles. The molecule has 0 aliphatic carbocycles. The molecule has 0 radical (unpaired) electrons. The van der Waals surface area contributed by atoms with Crippen molar-refractivity contribution in [3.63, 3.8) is 0 Å². The van der Waals surface area contributed by atoms with Crippen LogP contribution in [0.4, 0.5) is 0 Å². The highest BCUT2D eigenvalue weighted by atomic mass is 32.2. The van der Waals surface area contributed by atoms with Gasteiger partial charge in [0, 0.05) is 42.8 Å². The van der Waals surface area contributed by atoms with Gasteiger partial charge in [-0.3, -0.25) is 9.48 Å². The van der Waals surface area contributed by atoms with E-state index in [2.05, 4.69) is 25.3 Å². The van der Waals surface area contributed by atoms with Crippen LogP contribution in [0.2, 0.25) is 0 Å². The summed E-state index contributed by atoms with van der Waals surface area (Å²) in [6.07, 6.45) is 6.14. The normalized spacial score (nSPS) is 20.1. The van der Waals surface area contributed by atoms with Gasteiger partial charge in [0.25, 0.3) is 0 Å². The van der Waals surface area contributed by atoms with Gasteiger partial charge >= 0.3 is 0 Å². The summed E-state index contributed by atoms with van der Waals surface area (Å²) in [5, 5.41) is 11.8. The molecule has 0 saturated carbocycles. The fraction of sp³-hybridized carbons (Fsp3) is 0.562. The average molecular weight is 346 g/mol. The van der Waals surface area contributed by atoms with E-state index in [9.17, 15) is 4.79 Å². The average Bonchev–Trinajstić information content (AvgIpc) is 3.29. The van der Waals surface area contributed by atoms with Gasteiger partial charge in [-0.1, -0.05) is 11.8 Å². The maximum atomic E-state index is 12.3. The van der Waals surface area contributed by atoms with Crippen molar-refractivity contribution < 1.29 is 4.79 Å². The van der Waals surface area contributed by atoms with Crippen molar-refractivity contribution >= 4 is 17.7 Å². The molecule has 4 rings (SSSR count). The third-order valence-electron chi connectivity index (χ3n) is 4.58. The molecule has 2 aliphatic rings. The third kappa shape index (κ3) is 3.34. The molecule has 128 valence electrons. The van der Waals surface area contributed by atoms with Crippen LogP contribution in [0.3, 0.4) is 0 Å². The summed E-state index contributed by atoms with van der Waals surface area (Å²) in [6.45, 7) is 3.79. The van der Waals surface area contributed by atoms with E-state index in [-0.39, 0.29) is 12.5 Å². The topological polar surface area (TPSA) is 76.8 Å². The number of amides is 1. The van der Waals surface area contributed by atoms with Gasteiger partial charge in [-0.15, -0.1) is 0 Å². The van der Waals surface area contributed by atoms with E-state index in [0.29, 0.717) is 12.5 Å². The van der Waals surface area contributed by atoms with E-state index in [4.69, 9.17) is 0 Å². The van der Waals surface area contributed by atoms with Gasteiger partial charge in [0.05, 0.1) is 12.2 Å². The molecule has 0 spiro atoms. The molecule has 4 heterocycles. The van der Waals surface area contributed by atoms with Crippen molar-refractivity contribution in [1.29, 1.82) is 0 Å². The zero-order chi connectivity index (χ0) is 16.4. The Labute approximate surface area is 145 Å². The highest BCUT2D eigenvalue weighted by molar-refractivity contribution is 7.99. The first-order valence-corrected chi connectivity index (χ1v) is 9.46. The summed E-state index contributed by atoms with van der Waals surface area (Å²) in [7, 11) is 0. The monoisotopic (exact) mass is 346 g/mol. The van der Waals surface area contributed by atoms with Crippen molar-refractivity contribution in [3.05, 3.63) is 29.8 Å². The molecule has 0 aromatic carbocycles. The highest BCUT2D eigenvalue weighted by Gasteiger charge is 2.20. The van der Waals surface area contributed by atoms with Crippen LogP contribution in [0, 0.1) is 0 Å². The second kappa shape index (κ2) is 6.98. The van der Waals surface area contributed by atoms with Crippen molar-refractivity contribution in [2.24, 2.45) is 0 Å². The number of nitrogens with zero attached hydrogens (tertiary/aromatic N) is 4. The van der Waals surface area contributed by atoms with E-state index in [1.165, 1.54) is 6.42 Å². The number of hydrogen-bond donors (Lipinski definition) is 2. The largest absolute Gasteiger partial charge is 0.349 e. The van der Waals surface area contributed by atoms with Crippen LogP contribution < -0.4 is 10.6 Å². The summed E-state index contributed by atoms with van der Waals surface area (Å²) >= 11 is 1.76. The van der Waals surface area contributed by atoms with Crippen molar-refractivity contribution in [1.82, 2.24) is 30.0 Å². The Bertz CT molecular complexity index is 696. The lowest BCUT2D eigenvalue weighted by Crippen LogP contribution is -2.32. The molecule has 0 unspecified atom stereocenters. The smallest absolute Gasteiger partial charge is 0.242 e. The zero-order valence-corrected chi connectivity index (χ0v) is 14.4. The van der Waals surface area contributed by atoms with Gasteiger partial charge in [-0.2, -0.15) is 5.10 Å². The van der Waals surface area contributed by atoms with Crippen LogP contribution in [-0.2, 0) is 24.4 Å². The molecule has 1 atom stereocenters. The van der Waals surface area contributed by atoms with Crippen LogP contribution in [0.1, 0.15) is 30.1 Å². The Balaban J connectivity index is 1.33. The standard InChI is InChI=1S/C16H22N6OS/c23-15(18-9-13-10-21-6-7-24-16(21)20-13)11-22-14(3-5-19-22)12-2-1-4-17-8-12/h3,5,10,12,17H,1-2,4,6-9,11H2,(H,18,23)/t12-/m0/s1. The lowest BCUT2D eigenvalue weighted by molar-refractivity contribution is -0.122. The van der Waals surface area contributed by atoms with Gasteiger partial charge in [0.1, 0.15) is 6.54 Å². The lowest BCUT2D eigenvalue weighted by atomic mass is 9.96. The van der Waals surface area contributed by atoms with Crippen LogP contribution in [0.15, 0.2) is 23.6 Å². The Hall–Kier alpha value is -1.80. The minimum absolute atomic E-state index is 0.0236. The number of hydrogen-bond acceptors (Lipinski definition) is 5. The number of aryl methyl sites for hydroxylation is 1. The van der Waals surface area contributed by atoms with Crippen molar-refractivity contribution in [2.45, 2.75) is 43.6 Å². The number of nitrogens with one attached hydrogen (secondary N) is 2. The fourth-order valence-corrected chi connectivity index (χ4v) is 4.32. The number of piperidine rings is 1. The zero-order valence-electron chi connectivity index (χ0n) is 13.6. The summed E-state index contributed by atoms with van der Waals surface area (Å²) < 4.78 is 3.98. The first-order chi connectivity index (χ1) is 11.8. The molecule has 24 heavy (non-hydrogen) atoms. The molecular weight excluding hydrogens is 324 g/mol. The molecule has 0 bridgehead atoms. The maximum Gasteiger partial charge on any atom is 0.242 e. The first-order valence-electron chi connectivity index (χ1n) is 8.47. The summed E-state index contributed by atoms with van der Waals surface area (Å²) in [5.41, 5.74) is 2.07. The fourth-order valence-electron chi connectivity index (χ4n) is 3.35. The van der Waals surface area contributed by atoms with E-state index >= 15 is 0 Å². The quantitative estimate of drug-likeness (QED) is 0.844. The van der Waals surface area contributed by atoms with Crippen LogP contribution in [-0.4, -0.2) is 44.1 Å². The molecule has 2 aromatic heterocycles. The molecule has 2 N–H and O–H groups in total. The molecule has 8 heteroatoms. The second-order valence-corrected chi connectivity index (χ2v) is 7.35. The van der Waals surface area contributed by atoms with Crippen LogP contribution in [0.5, 0.6) is 0 Å². The first kappa shape index (κ1) is 15.7. The Morgan fingerprint density at radius 1 is 1.50 bits per heavy atom. The van der Waals surface area contributed by atoms with Gasteiger partial charge in [-0.25, -0.2) is 4.98 Å². The number of imidazole rings is 1. The highest BCUT2D eigenvalue weighted by Crippen LogP contribution is 2.24. The van der Waals surface area contributed by atoms with E-state index in [1.807, 2.05) is 16.9 Å². The van der Waals surface area contributed by atoms with Gasteiger partial charge in [0.2, 0.25) is 5.91 Å². The summed E-state index contributed by atoms with van der Waals surface area (Å²) in [5.74, 6) is 1.51. The molecule has 2 aromatic rings. The Morgan fingerprint density at radius 3 is 3.29 bits per heavy atom. The predicted molar refractivity (Wildman–Crippen MR) is 91.9 cm³/mol. The van der Waals surface area contributed by atoms with E-state index in [0.717, 1.165) is 48.4 Å². The molecule has 2 aliphatic heterocycles. The minimum Gasteiger partial charge on any atom is -0.349 e. The molecule has 7 nitrogen and oxygen atoms in total. The van der Waals surface area contributed by atoms with Gasteiger partial charge in [-0.05, 0) is 25.5 Å². The number of carbonyl (C=O) groups excluding carboxylic acids is 1. The summed E-state index contributed by atoms with van der Waals surface area (Å²) in [6, 6.07) is 2.03. The summed E-state index contributed by atoms with van der Waals surface area (Å²) in [4.78, 5) is 16.8. The van der Waals surface area contributed by atoms with Gasteiger partial charge < -0.3 is 15.2 Å². The Kier molecular flexibility index (Phi) is 4.57. The number of aromatic nitrogens is 4. The number of thioether (sulfide) groups is 1. The predicted octanol–water partition coefficient (Wildman–Crippen LogP) is 0.969. The maximum absolute atomic E-state index is 12.3. The number of rotatable bonds is 5. The van der Waals surface area contributed by atoms with E-state index < -0.39 is 0 Å². The molecular formula is C16H22N6OS. The van der Waals surface area contributed by atoms with Gasteiger partial charge in [0.15, 0.2) is 5.16 Å². The SMILES string of the molecule is O=C(Cn1nccc1[C@H]1CCCNC1)NCc1cn2c(n1)SCC2. The number of carbonyl (C=O) groups is 1. The van der Waals surface area contributed by atoms with E-state index in [1.54, 1.807) is 18.0 Å². The van der Waals surface area contributed by atoms with Crippen LogP contribution >= 0.6 is 11.8 Å². The third-order valence-corrected chi connectivity index (χ3v) is 5.55. The molecule has 1 fully saturated rings. The Morgan fingerprint density at radius 2 is 2.46 bits per heavy atom. The van der Waals surface area contributed by atoms with Crippen molar-refractivity contribution in [2.75, 3.05) is 18.8 Å².